The first-order valence-corrected chi connectivity index (χ1v) is 13.6. The summed E-state index contributed by atoms with van der Waals surface area (Å²) in [6, 6.07) is 15.5. The fraction of sp³-hybridized carbons (Fsp3) is 0.393. The van der Waals surface area contributed by atoms with E-state index in [1.165, 1.54) is 47.0 Å². The number of halogens is 1. The molecule has 4 nitrogen and oxygen atoms in total. The topological polar surface area (TPSA) is 45.9 Å². The monoisotopic (exact) mass is 535 g/mol. The smallest absolute Gasteiger partial charge is 0.214 e. The van der Waals surface area contributed by atoms with Gasteiger partial charge in [-0.05, 0) is 65.9 Å². The zero-order valence-corrected chi connectivity index (χ0v) is 22.0. The van der Waals surface area contributed by atoms with E-state index in [1.807, 2.05) is 0 Å². The molecule has 4 aromatic rings. The highest BCUT2D eigenvalue weighted by Gasteiger charge is 2.35. The van der Waals surface area contributed by atoms with Crippen LogP contribution in [0.2, 0.25) is 0 Å². The first-order chi connectivity index (χ1) is 16.4. The molecular weight excluding hydrogens is 506 g/mol. The van der Waals surface area contributed by atoms with E-state index in [-0.39, 0.29) is 12.1 Å². The molecule has 2 aliphatic rings. The molecule has 6 rings (SSSR count). The van der Waals surface area contributed by atoms with Crippen LogP contribution < -0.4 is 0 Å². The molecule has 1 fully saturated rings. The summed E-state index contributed by atoms with van der Waals surface area (Å²) in [5.74, 6) is 0.839. The zero-order chi connectivity index (χ0) is 23.6. The van der Waals surface area contributed by atoms with Gasteiger partial charge in [0.05, 0.1) is 5.69 Å². The van der Waals surface area contributed by atoms with Crippen molar-refractivity contribution in [1.29, 1.82) is 0 Å². The minimum Gasteiger partial charge on any atom is -0.493 e. The van der Waals surface area contributed by atoms with Gasteiger partial charge in [0.25, 0.3) is 0 Å². The van der Waals surface area contributed by atoms with E-state index in [2.05, 4.69) is 86.4 Å². The lowest BCUT2D eigenvalue weighted by atomic mass is 9.91. The highest BCUT2D eigenvalue weighted by atomic mass is 79.9. The van der Waals surface area contributed by atoms with Crippen LogP contribution >= 0.6 is 28.1 Å². The Morgan fingerprint density at radius 3 is 2.47 bits per heavy atom. The number of hydrogen-bond acceptors (Lipinski definition) is 2. The number of nitrogens with zero attached hydrogens (tertiary/aromatic N) is 2. The largest absolute Gasteiger partial charge is 0.493 e. The van der Waals surface area contributed by atoms with E-state index in [1.54, 1.807) is 0 Å². The number of H-pyrrole nitrogens is 1. The molecule has 1 unspecified atom stereocenters. The Morgan fingerprint density at radius 1 is 1.03 bits per heavy atom. The van der Waals surface area contributed by atoms with Crippen LogP contribution in [-0.2, 0) is 6.42 Å². The third-order valence-corrected chi connectivity index (χ3v) is 8.71. The molecule has 0 spiro atoms. The molecule has 3 heterocycles. The molecule has 6 heteroatoms. The van der Waals surface area contributed by atoms with Crippen LogP contribution in [0.5, 0.6) is 5.88 Å². The van der Waals surface area contributed by atoms with Crippen LogP contribution in [-0.4, -0.2) is 19.2 Å². The molecule has 0 saturated heterocycles. The van der Waals surface area contributed by atoms with Crippen molar-refractivity contribution in [3.63, 3.8) is 0 Å². The predicted molar refractivity (Wildman–Crippen MR) is 144 cm³/mol. The molecule has 1 aliphatic heterocycles. The number of aromatic amines is 1. The van der Waals surface area contributed by atoms with Crippen molar-refractivity contribution in [1.82, 2.24) is 14.1 Å². The lowest BCUT2D eigenvalue weighted by molar-refractivity contribution is 0.309. The SMILES string of the molecule is CC(C)c1ccc(C2c3[nH]c4ccc(Br)cc4c3Cc3c(O)n(C4CCCCC4)c(=S)n32)cc1. The number of hydrogen-bond donors (Lipinski definition) is 2. The number of aromatic nitrogens is 3. The second-order valence-corrected chi connectivity index (χ2v) is 11.5. The van der Waals surface area contributed by atoms with Gasteiger partial charge in [0.15, 0.2) is 4.77 Å². The molecule has 1 aliphatic carbocycles. The van der Waals surface area contributed by atoms with E-state index >= 15 is 0 Å². The Hall–Kier alpha value is -2.31. The van der Waals surface area contributed by atoms with Gasteiger partial charge in [-0.1, -0.05) is 73.3 Å². The highest BCUT2D eigenvalue weighted by Crippen LogP contribution is 2.45. The van der Waals surface area contributed by atoms with Gasteiger partial charge >= 0.3 is 0 Å². The molecule has 1 saturated carbocycles. The summed E-state index contributed by atoms with van der Waals surface area (Å²) < 4.78 is 6.08. The van der Waals surface area contributed by atoms with Gasteiger partial charge in [-0.25, -0.2) is 0 Å². The van der Waals surface area contributed by atoms with Gasteiger partial charge in [0, 0.05) is 33.5 Å². The van der Waals surface area contributed by atoms with Crippen LogP contribution in [0.1, 0.15) is 92.0 Å². The second-order valence-electron chi connectivity index (χ2n) is 10.2. The van der Waals surface area contributed by atoms with Gasteiger partial charge in [-0.3, -0.25) is 4.57 Å². The summed E-state index contributed by atoms with van der Waals surface area (Å²) in [6.07, 6.45) is 6.50. The summed E-state index contributed by atoms with van der Waals surface area (Å²) in [5, 5.41) is 12.7. The molecule has 0 bridgehead atoms. The standard InChI is InChI=1S/C28H30BrN3OS/c1-16(2)17-8-10-18(11-9-17)26-25-22(21-14-19(29)12-13-23(21)30-25)15-24-27(33)31(28(34)32(24)26)20-6-4-3-5-7-20/h8-14,16,20,26,30,33H,3-7,15H2,1-2H3. The van der Waals surface area contributed by atoms with Crippen LogP contribution in [0.15, 0.2) is 46.9 Å². The molecule has 34 heavy (non-hydrogen) atoms. The fourth-order valence-corrected chi connectivity index (χ4v) is 6.82. The van der Waals surface area contributed by atoms with E-state index in [9.17, 15) is 5.11 Å². The van der Waals surface area contributed by atoms with Gasteiger partial charge in [-0.2, -0.15) is 0 Å². The quantitative estimate of drug-likeness (QED) is 0.229. The zero-order valence-electron chi connectivity index (χ0n) is 19.6. The lowest BCUT2D eigenvalue weighted by Crippen LogP contribution is -2.22. The summed E-state index contributed by atoms with van der Waals surface area (Å²) >= 11 is 9.75. The van der Waals surface area contributed by atoms with Crippen molar-refractivity contribution in [2.24, 2.45) is 0 Å². The third-order valence-electron chi connectivity index (χ3n) is 7.83. The summed E-state index contributed by atoms with van der Waals surface area (Å²) in [5.41, 5.74) is 6.99. The number of fused-ring (bicyclic) bond motifs is 4. The molecule has 0 radical (unpaired) electrons. The molecule has 0 amide bonds. The van der Waals surface area contributed by atoms with Crippen molar-refractivity contribution in [3.8, 4) is 5.88 Å². The maximum absolute atomic E-state index is 11.5. The predicted octanol–water partition coefficient (Wildman–Crippen LogP) is 8.14. The summed E-state index contributed by atoms with van der Waals surface area (Å²) in [4.78, 5) is 3.73. The van der Waals surface area contributed by atoms with Crippen molar-refractivity contribution >= 4 is 39.1 Å². The van der Waals surface area contributed by atoms with E-state index < -0.39 is 0 Å². The van der Waals surface area contributed by atoms with Gasteiger partial charge in [0.2, 0.25) is 5.88 Å². The van der Waals surface area contributed by atoms with Crippen molar-refractivity contribution in [3.05, 3.63) is 79.8 Å². The maximum Gasteiger partial charge on any atom is 0.214 e. The normalized spacial score (nSPS) is 18.4. The molecule has 176 valence electrons. The summed E-state index contributed by atoms with van der Waals surface area (Å²) in [7, 11) is 0. The Kier molecular flexibility index (Phi) is 5.49. The second kappa shape index (κ2) is 8.42. The number of rotatable bonds is 3. The first kappa shape index (κ1) is 22.2. The van der Waals surface area contributed by atoms with Crippen LogP contribution in [0, 0.1) is 4.77 Å². The molecule has 1 atom stereocenters. The Balaban J connectivity index is 1.59. The highest BCUT2D eigenvalue weighted by molar-refractivity contribution is 9.10. The number of aromatic hydroxyl groups is 1. The minimum absolute atomic E-state index is 0.0885. The van der Waals surface area contributed by atoms with Gasteiger partial charge in [0.1, 0.15) is 6.04 Å². The van der Waals surface area contributed by atoms with Crippen molar-refractivity contribution in [2.45, 2.75) is 70.4 Å². The summed E-state index contributed by atoms with van der Waals surface area (Å²) in [6.45, 7) is 4.44. The maximum atomic E-state index is 11.5. The van der Waals surface area contributed by atoms with Crippen molar-refractivity contribution < 1.29 is 5.11 Å². The average molecular weight is 537 g/mol. The number of nitrogens with one attached hydrogen (secondary N) is 1. The lowest BCUT2D eigenvalue weighted by Gasteiger charge is -2.27. The van der Waals surface area contributed by atoms with Gasteiger partial charge in [-0.15, -0.1) is 0 Å². The Morgan fingerprint density at radius 2 is 1.76 bits per heavy atom. The Bertz CT molecular complexity index is 1440. The number of imidazole rings is 1. The molecule has 2 aromatic heterocycles. The molecule has 2 aromatic carbocycles. The van der Waals surface area contributed by atoms with Crippen LogP contribution in [0.3, 0.4) is 0 Å². The van der Waals surface area contributed by atoms with Crippen LogP contribution in [0.25, 0.3) is 10.9 Å². The van der Waals surface area contributed by atoms with E-state index in [4.69, 9.17) is 12.2 Å². The Labute approximate surface area is 213 Å². The van der Waals surface area contributed by atoms with Crippen molar-refractivity contribution in [2.75, 3.05) is 0 Å². The van der Waals surface area contributed by atoms with Gasteiger partial charge < -0.3 is 14.7 Å². The average Bonchev–Trinajstić information content (AvgIpc) is 3.32. The van der Waals surface area contributed by atoms with E-state index in [0.717, 1.165) is 33.3 Å². The molecule has 2 N–H and O–H groups in total. The van der Waals surface area contributed by atoms with Crippen LogP contribution in [0.4, 0.5) is 0 Å². The fourth-order valence-electron chi connectivity index (χ4n) is 6.01. The number of benzene rings is 2. The first-order valence-electron chi connectivity index (χ1n) is 12.4. The van der Waals surface area contributed by atoms with E-state index in [0.29, 0.717) is 18.2 Å². The molecular formula is C28H30BrN3OS. The third kappa shape index (κ3) is 3.41. The minimum atomic E-state index is -0.0885.